The van der Waals surface area contributed by atoms with Crippen molar-refractivity contribution in [1.29, 1.82) is 0 Å². The minimum atomic E-state index is -3.70. The molecule has 6 aromatic rings. The van der Waals surface area contributed by atoms with E-state index in [2.05, 4.69) is 10.3 Å². The lowest BCUT2D eigenvalue weighted by molar-refractivity contribution is 0.0964. The number of ether oxygens (including phenoxy) is 1. The number of hydrogen-bond donors (Lipinski definition) is 2. The SMILES string of the molecule is CNC(=O)c1c(-c2ccc(F)cc2)oc2cc(N(C)S(C)(=O)=O)c(-c3cc(OC)cc(-c4cc5ccccc5[nH]4)c3)cc12. The molecule has 218 valence electrons. The summed E-state index contributed by atoms with van der Waals surface area (Å²) in [5.74, 6) is -0.0315. The first-order valence-electron chi connectivity index (χ1n) is 13.4. The van der Waals surface area contributed by atoms with Crippen molar-refractivity contribution in [3.8, 4) is 39.5 Å². The molecule has 8 nitrogen and oxygen atoms in total. The number of anilines is 1. The van der Waals surface area contributed by atoms with Crippen LogP contribution >= 0.6 is 0 Å². The number of hydrogen-bond acceptors (Lipinski definition) is 5. The Labute approximate surface area is 247 Å². The van der Waals surface area contributed by atoms with Gasteiger partial charge in [-0.05, 0) is 66.2 Å². The van der Waals surface area contributed by atoms with Crippen molar-refractivity contribution < 1.29 is 26.8 Å². The Balaban J connectivity index is 1.64. The minimum absolute atomic E-state index is 0.240. The first-order chi connectivity index (χ1) is 20.6. The third-order valence-electron chi connectivity index (χ3n) is 7.50. The monoisotopic (exact) mass is 597 g/mol. The molecule has 1 amide bonds. The number of halogens is 1. The van der Waals surface area contributed by atoms with Gasteiger partial charge in [-0.2, -0.15) is 0 Å². The predicted molar refractivity (Wildman–Crippen MR) is 168 cm³/mol. The number of sulfonamides is 1. The highest BCUT2D eigenvalue weighted by Crippen LogP contribution is 2.43. The average Bonchev–Trinajstić information content (AvgIpc) is 3.61. The van der Waals surface area contributed by atoms with Crippen LogP contribution in [0.2, 0.25) is 0 Å². The topological polar surface area (TPSA) is 105 Å². The average molecular weight is 598 g/mol. The van der Waals surface area contributed by atoms with E-state index in [9.17, 15) is 17.6 Å². The number of H-pyrrole nitrogens is 1. The Morgan fingerprint density at radius 1 is 0.953 bits per heavy atom. The molecule has 0 aliphatic rings. The maximum absolute atomic E-state index is 13.7. The number of benzene rings is 4. The molecule has 2 heterocycles. The summed E-state index contributed by atoms with van der Waals surface area (Å²) in [6.45, 7) is 0. The van der Waals surface area contributed by atoms with Gasteiger partial charge in [0.2, 0.25) is 10.0 Å². The van der Waals surface area contributed by atoms with E-state index in [1.807, 2.05) is 48.5 Å². The summed E-state index contributed by atoms with van der Waals surface area (Å²) in [6.07, 6.45) is 1.12. The van der Waals surface area contributed by atoms with Crippen LogP contribution < -0.4 is 14.4 Å². The summed E-state index contributed by atoms with van der Waals surface area (Å²) in [5.41, 5.74) is 5.23. The van der Waals surface area contributed by atoms with E-state index >= 15 is 0 Å². The standard InChI is InChI=1S/C33H28FN3O5S/c1-35-33(38)31-26-17-25(21-13-22(15-24(14-21)41-3)28-16-20-7-5-6-8-27(20)36-28)29(37(2)43(4,39)40)18-30(26)42-32(31)19-9-11-23(34)12-10-19/h5-18,36H,1-4H3,(H,35,38). The molecule has 10 heteroatoms. The molecule has 4 aromatic carbocycles. The van der Waals surface area contributed by atoms with E-state index in [1.54, 1.807) is 19.2 Å². The zero-order chi connectivity index (χ0) is 30.5. The Morgan fingerprint density at radius 2 is 1.67 bits per heavy atom. The van der Waals surface area contributed by atoms with E-state index in [0.29, 0.717) is 39.1 Å². The molecule has 0 aliphatic carbocycles. The lowest BCUT2D eigenvalue weighted by atomic mass is 9.96. The lowest BCUT2D eigenvalue weighted by Crippen LogP contribution is -2.25. The molecule has 0 aliphatic heterocycles. The van der Waals surface area contributed by atoms with E-state index in [0.717, 1.165) is 28.4 Å². The molecule has 0 unspecified atom stereocenters. The van der Waals surface area contributed by atoms with Gasteiger partial charge in [-0.25, -0.2) is 12.8 Å². The van der Waals surface area contributed by atoms with Crippen molar-refractivity contribution in [2.45, 2.75) is 0 Å². The van der Waals surface area contributed by atoms with Crippen LogP contribution in [0.3, 0.4) is 0 Å². The Bertz CT molecular complexity index is 2100. The van der Waals surface area contributed by atoms with Crippen LogP contribution in [-0.2, 0) is 10.0 Å². The van der Waals surface area contributed by atoms with E-state index in [-0.39, 0.29) is 11.3 Å². The van der Waals surface area contributed by atoms with Gasteiger partial charge in [0.1, 0.15) is 22.9 Å². The summed E-state index contributed by atoms with van der Waals surface area (Å²) >= 11 is 0. The summed E-state index contributed by atoms with van der Waals surface area (Å²) < 4.78 is 52.3. The number of para-hydroxylation sites is 1. The number of carbonyl (C=O) groups is 1. The van der Waals surface area contributed by atoms with Gasteiger partial charge in [0.05, 0.1) is 24.6 Å². The van der Waals surface area contributed by atoms with E-state index in [1.165, 1.54) is 42.7 Å². The fraction of sp³-hybridized carbons (Fsp3) is 0.121. The summed E-state index contributed by atoms with van der Waals surface area (Å²) in [4.78, 5) is 16.7. The smallest absolute Gasteiger partial charge is 0.255 e. The number of nitrogens with one attached hydrogen (secondary N) is 2. The third kappa shape index (κ3) is 5.10. The lowest BCUT2D eigenvalue weighted by Gasteiger charge is -2.21. The van der Waals surface area contributed by atoms with Gasteiger partial charge in [-0.1, -0.05) is 18.2 Å². The van der Waals surface area contributed by atoms with Crippen molar-refractivity contribution in [3.05, 3.63) is 96.3 Å². The van der Waals surface area contributed by atoms with Crippen LogP contribution in [-0.4, -0.2) is 46.8 Å². The van der Waals surface area contributed by atoms with Crippen LogP contribution in [0.15, 0.2) is 89.3 Å². The first-order valence-corrected chi connectivity index (χ1v) is 15.2. The summed E-state index contributed by atoms with van der Waals surface area (Å²) in [6, 6.07) is 24.6. The molecular weight excluding hydrogens is 569 g/mol. The highest BCUT2D eigenvalue weighted by molar-refractivity contribution is 7.92. The molecule has 2 N–H and O–H groups in total. The highest BCUT2D eigenvalue weighted by Gasteiger charge is 2.26. The number of aromatic amines is 1. The second kappa shape index (κ2) is 10.6. The van der Waals surface area contributed by atoms with Crippen molar-refractivity contribution in [1.82, 2.24) is 10.3 Å². The second-order valence-corrected chi connectivity index (χ2v) is 12.2. The van der Waals surface area contributed by atoms with Crippen molar-refractivity contribution >= 4 is 43.5 Å². The molecule has 0 saturated heterocycles. The number of amides is 1. The van der Waals surface area contributed by atoms with Gasteiger partial charge in [-0.15, -0.1) is 0 Å². The molecule has 0 bridgehead atoms. The van der Waals surface area contributed by atoms with Crippen LogP contribution in [0.25, 0.3) is 55.6 Å². The summed E-state index contributed by atoms with van der Waals surface area (Å²) in [7, 11) is 0.838. The molecular formula is C33H28FN3O5S. The van der Waals surface area contributed by atoms with Gasteiger partial charge in [-0.3, -0.25) is 9.10 Å². The summed E-state index contributed by atoms with van der Waals surface area (Å²) in [5, 5.41) is 4.17. The van der Waals surface area contributed by atoms with Crippen molar-refractivity contribution in [3.63, 3.8) is 0 Å². The number of carbonyl (C=O) groups excluding carboxylic acids is 1. The van der Waals surface area contributed by atoms with Crippen LogP contribution in [0.1, 0.15) is 10.4 Å². The fourth-order valence-corrected chi connectivity index (χ4v) is 5.72. The quantitative estimate of drug-likeness (QED) is 0.210. The molecule has 2 aromatic heterocycles. The molecule has 0 saturated carbocycles. The molecule has 6 rings (SSSR count). The van der Waals surface area contributed by atoms with Crippen LogP contribution in [0, 0.1) is 5.82 Å². The normalized spacial score (nSPS) is 11.7. The second-order valence-electron chi connectivity index (χ2n) is 10.2. The van der Waals surface area contributed by atoms with Gasteiger partial charge >= 0.3 is 0 Å². The number of aromatic nitrogens is 1. The Kier molecular flexibility index (Phi) is 6.94. The van der Waals surface area contributed by atoms with E-state index < -0.39 is 21.7 Å². The third-order valence-corrected chi connectivity index (χ3v) is 8.69. The van der Waals surface area contributed by atoms with Gasteiger partial charge in [0, 0.05) is 58.8 Å². The predicted octanol–water partition coefficient (Wildman–Crippen LogP) is 6.82. The number of nitrogens with zero attached hydrogens (tertiary/aromatic N) is 1. The maximum Gasteiger partial charge on any atom is 0.255 e. The van der Waals surface area contributed by atoms with Crippen molar-refractivity contribution in [2.75, 3.05) is 31.8 Å². The molecule has 0 atom stereocenters. The highest BCUT2D eigenvalue weighted by atomic mass is 32.2. The Morgan fingerprint density at radius 3 is 2.35 bits per heavy atom. The first kappa shape index (κ1) is 28.0. The number of rotatable bonds is 7. The minimum Gasteiger partial charge on any atom is -0.497 e. The fourth-order valence-electron chi connectivity index (χ4n) is 5.21. The van der Waals surface area contributed by atoms with E-state index in [4.69, 9.17) is 9.15 Å². The molecule has 43 heavy (non-hydrogen) atoms. The zero-order valence-electron chi connectivity index (χ0n) is 23.9. The largest absolute Gasteiger partial charge is 0.497 e. The van der Waals surface area contributed by atoms with Gasteiger partial charge < -0.3 is 19.5 Å². The molecule has 0 fully saturated rings. The van der Waals surface area contributed by atoms with Gasteiger partial charge in [0.15, 0.2) is 0 Å². The number of fused-ring (bicyclic) bond motifs is 2. The van der Waals surface area contributed by atoms with Crippen LogP contribution in [0.5, 0.6) is 5.75 Å². The molecule has 0 radical (unpaired) electrons. The Hall–Kier alpha value is -5.09. The van der Waals surface area contributed by atoms with Crippen molar-refractivity contribution in [2.24, 2.45) is 0 Å². The maximum atomic E-state index is 13.7. The zero-order valence-corrected chi connectivity index (χ0v) is 24.7. The number of methoxy groups -OCH3 is 1. The van der Waals surface area contributed by atoms with Crippen LogP contribution in [0.4, 0.5) is 10.1 Å². The van der Waals surface area contributed by atoms with Gasteiger partial charge in [0.25, 0.3) is 5.91 Å². The molecule has 0 spiro atoms. The number of furan rings is 1.